The molecule has 3 aromatic rings. The number of rotatable bonds is 10. The minimum Gasteiger partial charge on any atom is -0.473 e. The van der Waals surface area contributed by atoms with E-state index in [0.29, 0.717) is 47.6 Å². The molecular weight excluding hydrogens is 562 g/mol. The number of anilines is 2. The van der Waals surface area contributed by atoms with E-state index in [0.717, 1.165) is 73.9 Å². The smallest absolute Gasteiger partial charge is 0.219 e. The van der Waals surface area contributed by atoms with Gasteiger partial charge in [-0.1, -0.05) is 11.2 Å². The molecule has 44 heavy (non-hydrogen) atoms. The van der Waals surface area contributed by atoms with E-state index in [9.17, 15) is 10.1 Å². The maximum absolute atomic E-state index is 12.2. The molecule has 12 nitrogen and oxygen atoms in total. The van der Waals surface area contributed by atoms with Crippen LogP contribution in [0.15, 0.2) is 22.7 Å². The first kappa shape index (κ1) is 30.0. The summed E-state index contributed by atoms with van der Waals surface area (Å²) >= 11 is 0. The molecule has 2 aliphatic carbocycles. The van der Waals surface area contributed by atoms with Crippen molar-refractivity contribution in [3.05, 3.63) is 46.2 Å². The molecule has 3 aliphatic rings. The molecule has 1 saturated heterocycles. The number of nitriles is 1. The molecule has 2 aromatic heterocycles. The van der Waals surface area contributed by atoms with Gasteiger partial charge in [-0.25, -0.2) is 4.98 Å². The molecule has 232 valence electrons. The second-order valence-electron chi connectivity index (χ2n) is 12.0. The van der Waals surface area contributed by atoms with Gasteiger partial charge in [-0.2, -0.15) is 10.2 Å². The highest BCUT2D eigenvalue weighted by Gasteiger charge is 2.49. The third-order valence-electron chi connectivity index (χ3n) is 9.59. The van der Waals surface area contributed by atoms with Crippen LogP contribution in [-0.2, 0) is 32.5 Å². The number of nitrogens with two attached hydrogens (primary N) is 1. The van der Waals surface area contributed by atoms with Gasteiger partial charge in [-0.3, -0.25) is 14.6 Å². The van der Waals surface area contributed by atoms with Gasteiger partial charge in [0.05, 0.1) is 36.3 Å². The number of fused-ring (bicyclic) bond motifs is 4. The van der Waals surface area contributed by atoms with Gasteiger partial charge in [-0.05, 0) is 69.7 Å². The van der Waals surface area contributed by atoms with E-state index >= 15 is 0 Å². The van der Waals surface area contributed by atoms with E-state index in [2.05, 4.69) is 23.2 Å². The van der Waals surface area contributed by atoms with E-state index in [-0.39, 0.29) is 18.2 Å². The van der Waals surface area contributed by atoms with Gasteiger partial charge in [0.1, 0.15) is 18.0 Å². The fourth-order valence-electron chi connectivity index (χ4n) is 7.51. The fraction of sp³-hybridized carbons (Fsp3) is 0.531. The molecule has 12 heteroatoms. The SMILES string of the molecule is COCCN(C=O)c1cc(OC(C)C2C(OC)CCN2C)nc(-c2noc3c2CCCC32CCc3ccc(N)c(C#N)c32)n1. The highest BCUT2D eigenvalue weighted by Crippen LogP contribution is 2.54. The highest BCUT2D eigenvalue weighted by molar-refractivity contribution is 5.75. The first-order chi connectivity index (χ1) is 21.3. The van der Waals surface area contributed by atoms with Crippen molar-refractivity contribution in [1.29, 1.82) is 5.26 Å². The first-order valence-corrected chi connectivity index (χ1v) is 15.2. The molecule has 1 amide bonds. The van der Waals surface area contributed by atoms with Gasteiger partial charge in [0, 0.05) is 38.1 Å². The minimum atomic E-state index is -0.490. The topological polar surface area (TPSA) is 153 Å². The second kappa shape index (κ2) is 12.1. The van der Waals surface area contributed by atoms with Crippen LogP contribution < -0.4 is 15.4 Å². The summed E-state index contributed by atoms with van der Waals surface area (Å²) < 4.78 is 23.6. The number of nitrogen functional groups attached to an aromatic ring is 1. The zero-order valence-electron chi connectivity index (χ0n) is 25.7. The van der Waals surface area contributed by atoms with Gasteiger partial charge in [-0.15, -0.1) is 0 Å². The largest absolute Gasteiger partial charge is 0.473 e. The normalized spacial score (nSPS) is 23.2. The summed E-state index contributed by atoms with van der Waals surface area (Å²) in [6.45, 7) is 3.54. The van der Waals surface area contributed by atoms with Crippen LogP contribution >= 0.6 is 0 Å². The molecule has 1 fully saturated rings. The van der Waals surface area contributed by atoms with Crippen molar-refractivity contribution in [1.82, 2.24) is 20.0 Å². The van der Waals surface area contributed by atoms with E-state index in [1.807, 2.05) is 19.1 Å². The van der Waals surface area contributed by atoms with Crippen LogP contribution in [0.5, 0.6) is 5.88 Å². The summed E-state index contributed by atoms with van der Waals surface area (Å²) in [5, 5.41) is 14.6. The average molecular weight is 602 g/mol. The molecule has 2 N–H and O–H groups in total. The summed E-state index contributed by atoms with van der Waals surface area (Å²) in [5.74, 6) is 1.75. The number of likely N-dealkylation sites (tertiary alicyclic amines) is 1. The van der Waals surface area contributed by atoms with E-state index in [1.54, 1.807) is 20.3 Å². The van der Waals surface area contributed by atoms with Crippen molar-refractivity contribution in [3.8, 4) is 23.5 Å². The third kappa shape index (κ3) is 4.99. The molecule has 4 unspecified atom stereocenters. The van der Waals surface area contributed by atoms with Crippen LogP contribution in [0.2, 0.25) is 0 Å². The summed E-state index contributed by atoms with van der Waals surface area (Å²) in [5.41, 5.74) is 10.3. The number of amides is 1. The predicted molar refractivity (Wildman–Crippen MR) is 162 cm³/mol. The number of nitrogens with zero attached hydrogens (tertiary/aromatic N) is 6. The fourth-order valence-corrected chi connectivity index (χ4v) is 7.51. The molecule has 3 heterocycles. The van der Waals surface area contributed by atoms with Crippen LogP contribution in [0.3, 0.4) is 0 Å². The second-order valence-corrected chi connectivity index (χ2v) is 12.0. The number of ether oxygens (including phenoxy) is 3. The molecule has 4 atom stereocenters. The number of hydrogen-bond donors (Lipinski definition) is 1. The Morgan fingerprint density at radius 3 is 2.89 bits per heavy atom. The Morgan fingerprint density at radius 1 is 1.30 bits per heavy atom. The number of likely N-dealkylation sites (N-methyl/N-ethyl adjacent to an activating group) is 1. The average Bonchev–Trinajstić information content (AvgIpc) is 3.74. The number of benzene rings is 1. The zero-order valence-corrected chi connectivity index (χ0v) is 25.7. The Kier molecular flexibility index (Phi) is 8.28. The molecule has 0 saturated carbocycles. The zero-order chi connectivity index (χ0) is 31.0. The third-order valence-corrected chi connectivity index (χ3v) is 9.59. The van der Waals surface area contributed by atoms with Crippen LogP contribution in [-0.4, -0.2) is 85.6 Å². The monoisotopic (exact) mass is 601 g/mol. The quantitative estimate of drug-likeness (QED) is 0.269. The van der Waals surface area contributed by atoms with Gasteiger partial charge in [0.25, 0.3) is 0 Å². The van der Waals surface area contributed by atoms with E-state index < -0.39 is 5.41 Å². The van der Waals surface area contributed by atoms with Crippen molar-refractivity contribution in [2.75, 3.05) is 51.6 Å². The lowest BCUT2D eigenvalue weighted by atomic mass is 9.68. The van der Waals surface area contributed by atoms with Gasteiger partial charge in [0.2, 0.25) is 12.3 Å². The van der Waals surface area contributed by atoms with Gasteiger partial charge >= 0.3 is 0 Å². The predicted octanol–water partition coefficient (Wildman–Crippen LogP) is 3.25. The molecule has 0 bridgehead atoms. The summed E-state index contributed by atoms with van der Waals surface area (Å²) in [4.78, 5) is 25.5. The highest BCUT2D eigenvalue weighted by atomic mass is 16.5. The van der Waals surface area contributed by atoms with Crippen molar-refractivity contribution < 1.29 is 23.5 Å². The molecular formula is C32H39N7O5. The molecule has 1 aliphatic heterocycles. The standard InChI is InChI=1S/C32H39N7O5/c1-19(29-24(42-4)10-13-38(29)2)43-26-16-25(39(18-40)14-15-41-3)35-31(36-26)28-21-6-5-11-32(30(21)44-37-28)12-9-20-7-8-23(34)22(17-33)27(20)32/h7-8,16,18-19,24,29H,5-6,9-15,34H2,1-4H3. The number of aromatic nitrogens is 3. The maximum Gasteiger partial charge on any atom is 0.219 e. The summed E-state index contributed by atoms with van der Waals surface area (Å²) in [7, 11) is 5.36. The van der Waals surface area contributed by atoms with Crippen molar-refractivity contribution in [3.63, 3.8) is 0 Å². The van der Waals surface area contributed by atoms with E-state index in [4.69, 9.17) is 34.4 Å². The minimum absolute atomic E-state index is 0.0291. The number of hydrogen-bond acceptors (Lipinski definition) is 11. The van der Waals surface area contributed by atoms with Crippen molar-refractivity contribution in [2.24, 2.45) is 0 Å². The van der Waals surface area contributed by atoms with Crippen LogP contribution in [0, 0.1) is 11.3 Å². The molecule has 6 rings (SSSR count). The Labute approximate surface area is 257 Å². The lowest BCUT2D eigenvalue weighted by Crippen LogP contribution is -2.44. The molecule has 1 aromatic carbocycles. The number of carbonyl (C=O) groups is 1. The Morgan fingerprint density at radius 2 is 2.14 bits per heavy atom. The van der Waals surface area contributed by atoms with Gasteiger partial charge < -0.3 is 24.5 Å². The Bertz CT molecular complexity index is 1590. The van der Waals surface area contributed by atoms with E-state index in [1.165, 1.54) is 4.90 Å². The Balaban J connectivity index is 1.43. The Hall–Kier alpha value is -4.05. The lowest BCUT2D eigenvalue weighted by molar-refractivity contribution is -0.107. The first-order valence-electron chi connectivity index (χ1n) is 15.2. The van der Waals surface area contributed by atoms with Crippen LogP contribution in [0.4, 0.5) is 11.5 Å². The van der Waals surface area contributed by atoms with Crippen LogP contribution in [0.25, 0.3) is 11.5 Å². The molecule has 0 radical (unpaired) electrons. The number of aryl methyl sites for hydroxylation is 1. The van der Waals surface area contributed by atoms with Crippen molar-refractivity contribution >= 4 is 17.9 Å². The number of methoxy groups -OCH3 is 2. The number of carbonyl (C=O) groups excluding carboxylic acids is 1. The van der Waals surface area contributed by atoms with Crippen LogP contribution in [0.1, 0.15) is 60.6 Å². The maximum atomic E-state index is 12.2. The summed E-state index contributed by atoms with van der Waals surface area (Å²) in [6, 6.07) is 7.88. The van der Waals surface area contributed by atoms with Crippen molar-refractivity contribution in [2.45, 2.75) is 69.1 Å². The van der Waals surface area contributed by atoms with Gasteiger partial charge in [0.15, 0.2) is 17.3 Å². The molecule has 1 spiro atoms. The summed E-state index contributed by atoms with van der Waals surface area (Å²) in [6.07, 6.45) is 5.47. The lowest BCUT2D eigenvalue weighted by Gasteiger charge is -2.33.